The average Bonchev–Trinajstić information content (AvgIpc) is 1.84. The summed E-state index contributed by atoms with van der Waals surface area (Å²) in [6.07, 6.45) is 3.90. The van der Waals surface area contributed by atoms with E-state index in [9.17, 15) is 0 Å². The lowest BCUT2D eigenvalue weighted by atomic mass is 9.97. The molecule has 0 aromatic rings. The summed E-state index contributed by atoms with van der Waals surface area (Å²) in [6.45, 7) is 11.6. The van der Waals surface area contributed by atoms with Crippen molar-refractivity contribution in [2.75, 3.05) is 0 Å². The largest absolute Gasteiger partial charge is 0.103 e. The zero-order chi connectivity index (χ0) is 6.57. The van der Waals surface area contributed by atoms with Gasteiger partial charge >= 0.3 is 0 Å². The minimum atomic E-state index is 0.562. The van der Waals surface area contributed by atoms with E-state index in [0.29, 0.717) is 11.8 Å². The van der Waals surface area contributed by atoms with Crippen molar-refractivity contribution in [2.45, 2.75) is 13.8 Å². The standard InChI is InChI=1S/C8H14/c1-5-7(3)8(4)6-2/h5-8H,1-2H2,3-4H3/t7-,8-/m0/s1. The van der Waals surface area contributed by atoms with Gasteiger partial charge in [0.25, 0.3) is 0 Å². The van der Waals surface area contributed by atoms with Gasteiger partial charge in [-0.25, -0.2) is 0 Å². The fourth-order valence-corrected chi connectivity index (χ4v) is 0.429. The summed E-state index contributed by atoms with van der Waals surface area (Å²) in [5.41, 5.74) is 0. The van der Waals surface area contributed by atoms with Crippen LogP contribution in [0.3, 0.4) is 0 Å². The third kappa shape index (κ3) is 1.97. The predicted octanol–water partition coefficient (Wildman–Crippen LogP) is 2.63. The van der Waals surface area contributed by atoms with Crippen molar-refractivity contribution in [2.24, 2.45) is 11.8 Å². The molecule has 0 aliphatic heterocycles. The normalized spacial score (nSPS) is 16.8. The summed E-state index contributed by atoms with van der Waals surface area (Å²) < 4.78 is 0. The molecule has 0 saturated heterocycles. The van der Waals surface area contributed by atoms with Gasteiger partial charge in [0, 0.05) is 0 Å². The van der Waals surface area contributed by atoms with E-state index in [-0.39, 0.29) is 0 Å². The average molecular weight is 110 g/mol. The van der Waals surface area contributed by atoms with Crippen LogP contribution in [0.4, 0.5) is 0 Å². The first kappa shape index (κ1) is 7.48. The van der Waals surface area contributed by atoms with Crippen LogP contribution in [-0.4, -0.2) is 0 Å². The van der Waals surface area contributed by atoms with E-state index >= 15 is 0 Å². The molecular weight excluding hydrogens is 96.1 g/mol. The molecule has 0 unspecified atom stereocenters. The highest BCUT2D eigenvalue weighted by molar-refractivity contribution is 4.87. The molecule has 0 amide bonds. The summed E-state index contributed by atoms with van der Waals surface area (Å²) in [5.74, 6) is 1.12. The van der Waals surface area contributed by atoms with Crippen LogP contribution in [-0.2, 0) is 0 Å². The van der Waals surface area contributed by atoms with Crippen molar-refractivity contribution in [3.63, 3.8) is 0 Å². The third-order valence-corrected chi connectivity index (χ3v) is 1.57. The van der Waals surface area contributed by atoms with Crippen LogP contribution >= 0.6 is 0 Å². The van der Waals surface area contributed by atoms with Crippen molar-refractivity contribution in [3.8, 4) is 0 Å². The molecule has 8 heavy (non-hydrogen) atoms. The van der Waals surface area contributed by atoms with E-state index in [4.69, 9.17) is 0 Å². The van der Waals surface area contributed by atoms with Crippen LogP contribution in [0.15, 0.2) is 25.3 Å². The predicted molar refractivity (Wildman–Crippen MR) is 38.7 cm³/mol. The van der Waals surface area contributed by atoms with Gasteiger partial charge in [-0.2, -0.15) is 0 Å². The first-order valence-electron chi connectivity index (χ1n) is 2.97. The number of hydrogen-bond donors (Lipinski definition) is 0. The molecule has 0 aromatic heterocycles. The molecule has 0 aromatic carbocycles. The molecule has 0 nitrogen and oxygen atoms in total. The van der Waals surface area contributed by atoms with Gasteiger partial charge in [-0.15, -0.1) is 13.2 Å². The summed E-state index contributed by atoms with van der Waals surface area (Å²) in [5, 5.41) is 0. The van der Waals surface area contributed by atoms with Crippen LogP contribution in [0.2, 0.25) is 0 Å². The number of allylic oxidation sites excluding steroid dienone is 2. The van der Waals surface area contributed by atoms with E-state index in [1.807, 2.05) is 12.2 Å². The maximum atomic E-state index is 3.68. The molecular formula is C8H14. The maximum Gasteiger partial charge on any atom is -0.0204 e. The zero-order valence-electron chi connectivity index (χ0n) is 5.72. The molecule has 0 bridgehead atoms. The molecule has 0 fully saturated rings. The molecule has 0 aliphatic rings. The Morgan fingerprint density at radius 1 is 1.00 bits per heavy atom. The Hall–Kier alpha value is -0.520. The number of hydrogen-bond acceptors (Lipinski definition) is 0. The molecule has 0 heterocycles. The molecule has 46 valence electrons. The zero-order valence-corrected chi connectivity index (χ0v) is 5.72. The fourth-order valence-electron chi connectivity index (χ4n) is 0.429. The minimum absolute atomic E-state index is 0.562. The molecule has 0 radical (unpaired) electrons. The van der Waals surface area contributed by atoms with E-state index in [1.165, 1.54) is 0 Å². The lowest BCUT2D eigenvalue weighted by molar-refractivity contribution is 0.560. The SMILES string of the molecule is C=C[C@H](C)[C@@H](C)C=C. The quantitative estimate of drug-likeness (QED) is 0.490. The van der Waals surface area contributed by atoms with E-state index in [0.717, 1.165) is 0 Å². The van der Waals surface area contributed by atoms with Crippen molar-refractivity contribution in [3.05, 3.63) is 25.3 Å². The highest BCUT2D eigenvalue weighted by Crippen LogP contribution is 2.11. The van der Waals surface area contributed by atoms with E-state index in [1.54, 1.807) is 0 Å². The molecule has 0 saturated carbocycles. The molecule has 0 rings (SSSR count). The second-order valence-corrected chi connectivity index (χ2v) is 2.19. The van der Waals surface area contributed by atoms with Gasteiger partial charge in [0.15, 0.2) is 0 Å². The highest BCUT2D eigenvalue weighted by atomic mass is 14.1. The van der Waals surface area contributed by atoms with E-state index < -0.39 is 0 Å². The van der Waals surface area contributed by atoms with Crippen molar-refractivity contribution in [1.29, 1.82) is 0 Å². The van der Waals surface area contributed by atoms with Crippen LogP contribution in [0, 0.1) is 11.8 Å². The van der Waals surface area contributed by atoms with E-state index in [2.05, 4.69) is 27.0 Å². The van der Waals surface area contributed by atoms with Gasteiger partial charge in [-0.1, -0.05) is 26.0 Å². The Labute approximate surface area is 51.9 Å². The molecule has 2 atom stereocenters. The van der Waals surface area contributed by atoms with Gasteiger partial charge in [0.2, 0.25) is 0 Å². The van der Waals surface area contributed by atoms with Crippen LogP contribution in [0.25, 0.3) is 0 Å². The topological polar surface area (TPSA) is 0 Å². The highest BCUT2D eigenvalue weighted by Gasteiger charge is 2.01. The first-order valence-corrected chi connectivity index (χ1v) is 2.97. The lowest BCUT2D eigenvalue weighted by Crippen LogP contribution is -1.99. The smallest absolute Gasteiger partial charge is 0.0204 e. The Morgan fingerprint density at radius 3 is 1.38 bits per heavy atom. The van der Waals surface area contributed by atoms with Gasteiger partial charge < -0.3 is 0 Å². The van der Waals surface area contributed by atoms with Gasteiger partial charge in [-0.05, 0) is 11.8 Å². The molecule has 0 N–H and O–H groups in total. The van der Waals surface area contributed by atoms with Gasteiger partial charge in [-0.3, -0.25) is 0 Å². The Morgan fingerprint density at radius 2 is 1.25 bits per heavy atom. The van der Waals surface area contributed by atoms with Crippen molar-refractivity contribution in [1.82, 2.24) is 0 Å². The Bertz CT molecular complexity index is 70.0. The molecule has 0 heteroatoms. The Kier molecular flexibility index (Phi) is 3.25. The monoisotopic (exact) mass is 110 g/mol. The second-order valence-electron chi connectivity index (χ2n) is 2.19. The number of rotatable bonds is 3. The maximum absolute atomic E-state index is 3.68. The summed E-state index contributed by atoms with van der Waals surface area (Å²) in [6, 6.07) is 0. The van der Waals surface area contributed by atoms with Crippen molar-refractivity contribution < 1.29 is 0 Å². The Balaban J connectivity index is 3.60. The second kappa shape index (κ2) is 3.48. The van der Waals surface area contributed by atoms with Crippen molar-refractivity contribution >= 4 is 0 Å². The van der Waals surface area contributed by atoms with Crippen LogP contribution < -0.4 is 0 Å². The fraction of sp³-hybridized carbons (Fsp3) is 0.500. The molecule has 0 aliphatic carbocycles. The summed E-state index contributed by atoms with van der Waals surface area (Å²) in [7, 11) is 0. The summed E-state index contributed by atoms with van der Waals surface area (Å²) >= 11 is 0. The van der Waals surface area contributed by atoms with Crippen LogP contribution in [0.5, 0.6) is 0 Å². The summed E-state index contributed by atoms with van der Waals surface area (Å²) in [4.78, 5) is 0. The first-order chi connectivity index (χ1) is 3.72. The third-order valence-electron chi connectivity index (χ3n) is 1.57. The van der Waals surface area contributed by atoms with Crippen LogP contribution in [0.1, 0.15) is 13.8 Å². The van der Waals surface area contributed by atoms with Gasteiger partial charge in [0.05, 0.1) is 0 Å². The molecule has 0 spiro atoms. The van der Waals surface area contributed by atoms with Gasteiger partial charge in [0.1, 0.15) is 0 Å². The lowest BCUT2D eigenvalue weighted by Gasteiger charge is -2.09. The minimum Gasteiger partial charge on any atom is -0.103 e.